The maximum atomic E-state index is 11.5. The molecule has 0 bridgehead atoms. The molecule has 37 heavy (non-hydrogen) atoms. The van der Waals surface area contributed by atoms with E-state index in [0.717, 1.165) is 52.0 Å². The highest BCUT2D eigenvalue weighted by molar-refractivity contribution is 5.82. The van der Waals surface area contributed by atoms with E-state index in [1.165, 1.54) is 29.7 Å². The summed E-state index contributed by atoms with van der Waals surface area (Å²) in [4.78, 5) is 27.2. The molecular weight excluding hydrogens is 460 g/mol. The van der Waals surface area contributed by atoms with Gasteiger partial charge in [-0.15, -0.1) is 0 Å². The Morgan fingerprint density at radius 3 is 2.51 bits per heavy atom. The number of piperidine rings is 1. The molecule has 7 heteroatoms. The highest BCUT2D eigenvalue weighted by Crippen LogP contribution is 2.30. The monoisotopic (exact) mass is 500 g/mol. The first kappa shape index (κ1) is 26.6. The topological polar surface area (TPSA) is 64.6 Å². The van der Waals surface area contributed by atoms with Crippen molar-refractivity contribution in [1.82, 2.24) is 14.9 Å². The third kappa shape index (κ3) is 7.29. The highest BCUT2D eigenvalue weighted by Gasteiger charge is 2.21. The first-order chi connectivity index (χ1) is 18.1. The van der Waals surface area contributed by atoms with Crippen molar-refractivity contribution >= 4 is 23.7 Å². The number of rotatable bonds is 12. The number of anilines is 3. The minimum absolute atomic E-state index is 0.504. The van der Waals surface area contributed by atoms with Crippen molar-refractivity contribution < 1.29 is 4.79 Å². The molecule has 4 rings (SSSR count). The van der Waals surface area contributed by atoms with E-state index in [0.29, 0.717) is 23.2 Å². The SMILES string of the molecule is CCNc1ncc(C=O)c(N(C)CCN(C)c2cccc(C3CCN(CCc4ccccc4)CC3)c2)n1. The van der Waals surface area contributed by atoms with E-state index in [9.17, 15) is 4.79 Å². The number of likely N-dealkylation sites (N-methyl/N-ethyl adjacent to an activating group) is 2. The predicted molar refractivity (Wildman–Crippen MR) is 153 cm³/mol. The second kappa shape index (κ2) is 13.2. The van der Waals surface area contributed by atoms with E-state index in [4.69, 9.17) is 0 Å². The van der Waals surface area contributed by atoms with Crippen LogP contribution >= 0.6 is 0 Å². The number of nitrogens with one attached hydrogen (secondary N) is 1. The fraction of sp³-hybridized carbons (Fsp3) is 0.433. The van der Waals surface area contributed by atoms with Crippen LogP contribution in [0.25, 0.3) is 0 Å². The Bertz CT molecular complexity index is 1130. The van der Waals surface area contributed by atoms with Crippen molar-refractivity contribution in [2.45, 2.75) is 32.1 Å². The number of carbonyl (C=O) groups excluding carboxylic acids is 1. The van der Waals surface area contributed by atoms with Crippen LogP contribution in [-0.4, -0.2) is 74.5 Å². The van der Waals surface area contributed by atoms with E-state index in [-0.39, 0.29) is 0 Å². The van der Waals surface area contributed by atoms with Crippen LogP contribution in [0, 0.1) is 0 Å². The van der Waals surface area contributed by atoms with E-state index >= 15 is 0 Å². The minimum atomic E-state index is 0.504. The third-order valence-corrected chi connectivity index (χ3v) is 7.32. The smallest absolute Gasteiger partial charge is 0.224 e. The lowest BCUT2D eigenvalue weighted by Gasteiger charge is -2.32. The number of hydrogen-bond acceptors (Lipinski definition) is 7. The lowest BCUT2D eigenvalue weighted by Crippen LogP contribution is -2.34. The largest absolute Gasteiger partial charge is 0.373 e. The third-order valence-electron chi connectivity index (χ3n) is 7.32. The molecule has 196 valence electrons. The molecule has 1 aliphatic rings. The minimum Gasteiger partial charge on any atom is -0.373 e. The van der Waals surface area contributed by atoms with Gasteiger partial charge >= 0.3 is 0 Å². The number of nitrogens with zero attached hydrogens (tertiary/aromatic N) is 5. The Morgan fingerprint density at radius 2 is 1.78 bits per heavy atom. The molecule has 1 fully saturated rings. The van der Waals surface area contributed by atoms with Crippen LogP contribution in [0.3, 0.4) is 0 Å². The Labute approximate surface area is 221 Å². The molecular formula is C30H40N6O. The molecule has 7 nitrogen and oxygen atoms in total. The predicted octanol–water partition coefficient (Wildman–Crippen LogP) is 4.72. The molecule has 1 N–H and O–H groups in total. The quantitative estimate of drug-likeness (QED) is 0.361. The molecule has 1 aromatic heterocycles. The van der Waals surface area contributed by atoms with Crippen LogP contribution in [0.5, 0.6) is 0 Å². The fourth-order valence-corrected chi connectivity index (χ4v) is 4.99. The number of carbonyl (C=O) groups is 1. The van der Waals surface area contributed by atoms with Gasteiger partial charge in [-0.05, 0) is 68.5 Å². The van der Waals surface area contributed by atoms with Crippen LogP contribution < -0.4 is 15.1 Å². The summed E-state index contributed by atoms with van der Waals surface area (Å²) in [6.45, 7) is 7.75. The summed E-state index contributed by atoms with van der Waals surface area (Å²) in [5.41, 5.74) is 4.59. The lowest BCUT2D eigenvalue weighted by molar-refractivity contribution is 0.112. The van der Waals surface area contributed by atoms with Crippen molar-refractivity contribution in [2.75, 3.05) is 68.5 Å². The van der Waals surface area contributed by atoms with Crippen LogP contribution in [0.2, 0.25) is 0 Å². The fourth-order valence-electron chi connectivity index (χ4n) is 4.99. The zero-order valence-electron chi connectivity index (χ0n) is 22.4. The van der Waals surface area contributed by atoms with Crippen molar-refractivity contribution in [3.63, 3.8) is 0 Å². The van der Waals surface area contributed by atoms with Gasteiger partial charge in [0.25, 0.3) is 0 Å². The van der Waals surface area contributed by atoms with Gasteiger partial charge in [0.15, 0.2) is 6.29 Å². The summed E-state index contributed by atoms with van der Waals surface area (Å²) >= 11 is 0. The summed E-state index contributed by atoms with van der Waals surface area (Å²) < 4.78 is 0. The number of hydrogen-bond donors (Lipinski definition) is 1. The average molecular weight is 501 g/mol. The summed E-state index contributed by atoms with van der Waals surface area (Å²) in [7, 11) is 4.10. The van der Waals surface area contributed by atoms with Crippen molar-refractivity contribution in [1.29, 1.82) is 0 Å². The van der Waals surface area contributed by atoms with E-state index < -0.39 is 0 Å². The first-order valence-corrected chi connectivity index (χ1v) is 13.4. The Balaban J connectivity index is 1.30. The molecule has 0 amide bonds. The molecule has 2 aromatic carbocycles. The molecule has 0 unspecified atom stereocenters. The van der Waals surface area contributed by atoms with E-state index in [2.05, 4.69) is 86.7 Å². The zero-order chi connectivity index (χ0) is 26.0. The first-order valence-electron chi connectivity index (χ1n) is 13.4. The van der Waals surface area contributed by atoms with Crippen molar-refractivity contribution in [2.24, 2.45) is 0 Å². The van der Waals surface area contributed by atoms with Crippen LogP contribution in [0.15, 0.2) is 60.8 Å². The molecule has 0 saturated carbocycles. The van der Waals surface area contributed by atoms with Crippen molar-refractivity contribution in [3.05, 3.63) is 77.5 Å². The van der Waals surface area contributed by atoms with Crippen molar-refractivity contribution in [3.8, 4) is 0 Å². The van der Waals surface area contributed by atoms with Gasteiger partial charge in [0.05, 0.1) is 5.56 Å². The zero-order valence-corrected chi connectivity index (χ0v) is 22.4. The number of aromatic nitrogens is 2. The average Bonchev–Trinajstić information content (AvgIpc) is 2.95. The summed E-state index contributed by atoms with van der Waals surface area (Å²) in [5, 5.41) is 3.12. The molecule has 0 atom stereocenters. The summed E-state index contributed by atoms with van der Waals surface area (Å²) in [6, 6.07) is 19.8. The maximum absolute atomic E-state index is 11.5. The maximum Gasteiger partial charge on any atom is 0.224 e. The highest BCUT2D eigenvalue weighted by atomic mass is 16.1. The van der Waals surface area contributed by atoms with E-state index in [1.807, 2.05) is 18.9 Å². The van der Waals surface area contributed by atoms with Gasteiger partial charge in [-0.2, -0.15) is 4.98 Å². The number of aldehydes is 1. The van der Waals surface area contributed by atoms with Crippen LogP contribution in [0.4, 0.5) is 17.5 Å². The van der Waals surface area contributed by atoms with Gasteiger partial charge in [-0.25, -0.2) is 4.98 Å². The molecule has 0 aliphatic carbocycles. The Morgan fingerprint density at radius 1 is 1.03 bits per heavy atom. The van der Waals surface area contributed by atoms with Gasteiger partial charge < -0.3 is 20.0 Å². The van der Waals surface area contributed by atoms with Gasteiger partial charge in [-0.1, -0.05) is 42.5 Å². The molecule has 1 aliphatic heterocycles. The van der Waals surface area contributed by atoms with Crippen LogP contribution in [0.1, 0.15) is 47.2 Å². The van der Waals surface area contributed by atoms with Gasteiger partial charge in [0.2, 0.25) is 5.95 Å². The van der Waals surface area contributed by atoms with Gasteiger partial charge in [-0.3, -0.25) is 4.79 Å². The second-order valence-corrected chi connectivity index (χ2v) is 9.91. The number of likely N-dealkylation sites (tertiary alicyclic amines) is 1. The number of benzene rings is 2. The second-order valence-electron chi connectivity index (χ2n) is 9.91. The Hall–Kier alpha value is -3.45. The van der Waals surface area contributed by atoms with Gasteiger partial charge in [0, 0.05) is 52.2 Å². The molecule has 0 radical (unpaired) electrons. The lowest BCUT2D eigenvalue weighted by atomic mass is 9.89. The van der Waals surface area contributed by atoms with Gasteiger partial charge in [0.1, 0.15) is 5.82 Å². The summed E-state index contributed by atoms with van der Waals surface area (Å²) in [6.07, 6.45) is 5.95. The molecule has 1 saturated heterocycles. The standard InChI is InChI=1S/C30H40N6O/c1-4-31-30-32-22-27(23-37)29(33-30)35(3)20-19-34(2)28-12-8-11-26(21-28)25-14-17-36(18-15-25)16-13-24-9-6-5-7-10-24/h5-12,21-23,25H,4,13-20H2,1-3H3,(H,31,32,33). The summed E-state index contributed by atoms with van der Waals surface area (Å²) in [5.74, 6) is 1.81. The Kier molecular flexibility index (Phi) is 9.49. The molecule has 3 aromatic rings. The van der Waals surface area contributed by atoms with Crippen LogP contribution in [-0.2, 0) is 6.42 Å². The molecule has 2 heterocycles. The normalized spacial score (nSPS) is 14.4. The molecule has 0 spiro atoms. The van der Waals surface area contributed by atoms with E-state index in [1.54, 1.807) is 6.20 Å².